The van der Waals surface area contributed by atoms with E-state index in [1.54, 1.807) is 41.5 Å². The molecular formula is C44H80N10O15. The number of carboxylic acid groups (broad SMARTS) is 1. The first-order valence-corrected chi connectivity index (χ1v) is 23.1. The smallest absolute Gasteiger partial charge is 0.326 e. The molecule has 0 unspecified atom stereocenters. The van der Waals surface area contributed by atoms with E-state index in [4.69, 9.17) is 5.73 Å². The summed E-state index contributed by atoms with van der Waals surface area (Å²) in [6, 6.07) is -14.4. The number of aliphatic hydroxyl groups is 4. The molecule has 0 aliphatic carbocycles. The van der Waals surface area contributed by atoms with Gasteiger partial charge in [-0.15, -0.1) is 0 Å². The highest BCUT2D eigenvalue weighted by Crippen LogP contribution is 2.11. The van der Waals surface area contributed by atoms with E-state index in [1.165, 1.54) is 48.5 Å². The zero-order valence-electron chi connectivity index (χ0n) is 42.2. The molecule has 0 aliphatic rings. The van der Waals surface area contributed by atoms with Crippen LogP contribution in [0.5, 0.6) is 0 Å². The van der Waals surface area contributed by atoms with Gasteiger partial charge < -0.3 is 79.1 Å². The Morgan fingerprint density at radius 3 is 0.971 bits per heavy atom. The van der Waals surface area contributed by atoms with Gasteiger partial charge >= 0.3 is 5.97 Å². The fourth-order valence-corrected chi connectivity index (χ4v) is 6.46. The average molecular weight is 989 g/mol. The van der Waals surface area contributed by atoms with Crippen molar-refractivity contribution in [2.45, 2.75) is 195 Å². The largest absolute Gasteiger partial charge is 0.480 e. The lowest BCUT2D eigenvalue weighted by Crippen LogP contribution is -2.63. The highest BCUT2D eigenvalue weighted by atomic mass is 16.4. The van der Waals surface area contributed by atoms with Gasteiger partial charge in [-0.1, -0.05) is 55.4 Å². The number of carbonyl (C=O) groups is 10. The number of hydrogen-bond acceptors (Lipinski definition) is 15. The first kappa shape index (κ1) is 63.5. The van der Waals surface area contributed by atoms with E-state index in [0.717, 1.165) is 6.92 Å². The molecule has 0 aliphatic heterocycles. The van der Waals surface area contributed by atoms with Crippen molar-refractivity contribution >= 4 is 59.1 Å². The van der Waals surface area contributed by atoms with E-state index in [9.17, 15) is 73.5 Å². The summed E-state index contributed by atoms with van der Waals surface area (Å²) >= 11 is 0. The molecule has 0 heterocycles. The van der Waals surface area contributed by atoms with E-state index < -0.39 is 156 Å². The Hall–Kier alpha value is -5.50. The number of rotatable bonds is 29. The summed E-state index contributed by atoms with van der Waals surface area (Å²) in [4.78, 5) is 131. The van der Waals surface area contributed by atoms with E-state index in [1.807, 2.05) is 0 Å². The second-order valence-electron chi connectivity index (χ2n) is 19.1. The van der Waals surface area contributed by atoms with Crippen LogP contribution in [0.2, 0.25) is 0 Å². The number of nitrogens with two attached hydrogens (primary N) is 1. The van der Waals surface area contributed by atoms with Crippen molar-refractivity contribution in [3.05, 3.63) is 0 Å². The lowest BCUT2D eigenvalue weighted by molar-refractivity contribution is -0.143. The molecule has 0 rings (SSSR count). The summed E-state index contributed by atoms with van der Waals surface area (Å²) in [5.41, 5.74) is 5.68. The fourth-order valence-electron chi connectivity index (χ4n) is 6.46. The van der Waals surface area contributed by atoms with Crippen LogP contribution in [-0.4, -0.2) is 170 Å². The second-order valence-corrected chi connectivity index (χ2v) is 19.1. The van der Waals surface area contributed by atoms with Gasteiger partial charge in [0.1, 0.15) is 60.4 Å². The van der Waals surface area contributed by atoms with Crippen LogP contribution in [0.25, 0.3) is 0 Å². The van der Waals surface area contributed by atoms with Gasteiger partial charge in [0.05, 0.1) is 24.4 Å². The molecule has 9 amide bonds. The monoisotopic (exact) mass is 989 g/mol. The Morgan fingerprint density at radius 2 is 0.623 bits per heavy atom. The molecule has 0 saturated carbocycles. The summed E-state index contributed by atoms with van der Waals surface area (Å²) in [7, 11) is 0. The number of aliphatic hydroxyl groups excluding tert-OH is 4. The fraction of sp³-hybridized carbons (Fsp3) is 0.773. The lowest BCUT2D eigenvalue weighted by Gasteiger charge is -2.30. The molecule has 396 valence electrons. The summed E-state index contributed by atoms with van der Waals surface area (Å²) in [6.07, 6.45) is -5.69. The molecular weight excluding hydrogens is 909 g/mol. The molecule has 0 fully saturated rings. The zero-order valence-corrected chi connectivity index (χ0v) is 42.2. The zero-order chi connectivity index (χ0) is 53.9. The minimum absolute atomic E-state index is 0.0786. The third-order valence-corrected chi connectivity index (χ3v) is 10.7. The summed E-state index contributed by atoms with van der Waals surface area (Å²) < 4.78 is 0. The number of carbonyl (C=O) groups excluding carboxylic acids is 9. The average Bonchev–Trinajstić information content (AvgIpc) is 3.22. The van der Waals surface area contributed by atoms with Gasteiger partial charge in [0.2, 0.25) is 53.2 Å². The highest BCUT2D eigenvalue weighted by molar-refractivity contribution is 5.98. The van der Waals surface area contributed by atoms with Crippen LogP contribution in [0.4, 0.5) is 0 Å². The van der Waals surface area contributed by atoms with Gasteiger partial charge in [-0.3, -0.25) is 43.2 Å². The predicted molar refractivity (Wildman–Crippen MR) is 250 cm³/mol. The van der Waals surface area contributed by atoms with Crippen LogP contribution in [-0.2, 0) is 47.9 Å². The van der Waals surface area contributed by atoms with E-state index in [2.05, 4.69) is 47.9 Å². The van der Waals surface area contributed by atoms with Crippen LogP contribution >= 0.6 is 0 Å². The van der Waals surface area contributed by atoms with Gasteiger partial charge in [0, 0.05) is 0 Å². The Bertz CT molecular complexity index is 1770. The van der Waals surface area contributed by atoms with Gasteiger partial charge in [-0.25, -0.2) is 4.79 Å². The first-order valence-electron chi connectivity index (χ1n) is 23.1. The van der Waals surface area contributed by atoms with Gasteiger partial charge in [0.25, 0.3) is 0 Å². The van der Waals surface area contributed by atoms with Crippen molar-refractivity contribution in [3.8, 4) is 0 Å². The minimum Gasteiger partial charge on any atom is -0.480 e. The number of amides is 9. The molecule has 25 heteroatoms. The Balaban J connectivity index is 5.93. The van der Waals surface area contributed by atoms with Crippen molar-refractivity contribution in [2.75, 3.05) is 0 Å². The number of carboxylic acids is 1. The molecule has 16 N–H and O–H groups in total. The lowest BCUT2D eigenvalue weighted by atomic mass is 9.99. The standard InChI is InChI=1S/C44H80N10O15/c1-17(2)15-27(37(61)49-28(44(68)69)16-18(3)4)48-42(66)33(25(13)57)52-36(60)22(10)46-35(59)21(9)47-41(65)32(24(12)56)53-40(64)31(20(7)8)51-43(67)34(26(14)58)54-39(63)30(19(5)6)50-38(62)29(45)23(11)55/h17-34,55-58H,15-16,45H2,1-14H3,(H,46,59)(H,47,65)(H,48,66)(H,49,61)(H,50,62)(H,51,67)(H,52,60)(H,53,64)(H,54,63)(H,68,69)/t21-,22-,23+,24+,25+,26+,27-,28-,29-,30-,31-,32-,33-,34-/m0/s1. The Labute approximate surface area is 403 Å². The van der Waals surface area contributed by atoms with Crippen LogP contribution in [0, 0.1) is 23.7 Å². The molecule has 0 bridgehead atoms. The van der Waals surface area contributed by atoms with Crippen molar-refractivity contribution in [2.24, 2.45) is 29.4 Å². The highest BCUT2D eigenvalue weighted by Gasteiger charge is 2.38. The number of aliphatic carboxylic acids is 1. The SMILES string of the molecule is CC(C)C[C@H](NC(=O)[C@H](CC(C)C)NC(=O)[C@@H](NC(=O)[C@H](C)NC(=O)[C@H](C)NC(=O)[C@@H](NC(=O)[C@@H](NC(=O)[C@@H](NC(=O)[C@@H](NC(=O)[C@@H](N)[C@@H](C)O)C(C)C)[C@@H](C)O)C(C)C)[C@@H](C)O)[C@@H](C)O)C(=O)O. The summed E-state index contributed by atoms with van der Waals surface area (Å²) in [6.45, 7) is 20.6. The van der Waals surface area contributed by atoms with Crippen molar-refractivity contribution in [1.82, 2.24) is 47.9 Å². The number of hydrogen-bond donors (Lipinski definition) is 15. The molecule has 69 heavy (non-hydrogen) atoms. The van der Waals surface area contributed by atoms with Crippen LogP contribution in [0.15, 0.2) is 0 Å². The Kier molecular flexibility index (Phi) is 27.2. The molecule has 0 aromatic carbocycles. The van der Waals surface area contributed by atoms with Crippen LogP contribution in [0.1, 0.15) is 110 Å². The summed E-state index contributed by atoms with van der Waals surface area (Å²) in [5, 5.41) is 72.2. The molecule has 0 aromatic heterocycles. The molecule has 0 aromatic rings. The van der Waals surface area contributed by atoms with E-state index >= 15 is 0 Å². The normalized spacial score (nSPS) is 17.7. The third kappa shape index (κ3) is 21.8. The Morgan fingerprint density at radius 1 is 0.348 bits per heavy atom. The molecule has 14 atom stereocenters. The molecule has 0 saturated heterocycles. The predicted octanol–water partition coefficient (Wildman–Crippen LogP) is -4.27. The minimum atomic E-state index is -1.72. The van der Waals surface area contributed by atoms with Crippen molar-refractivity contribution < 1.29 is 73.5 Å². The maximum Gasteiger partial charge on any atom is 0.326 e. The maximum absolute atomic E-state index is 13.6. The van der Waals surface area contributed by atoms with E-state index in [0.29, 0.717) is 0 Å². The summed E-state index contributed by atoms with van der Waals surface area (Å²) in [5.74, 6) is -11.2. The van der Waals surface area contributed by atoms with E-state index in [-0.39, 0.29) is 24.7 Å². The molecule has 25 nitrogen and oxygen atoms in total. The quantitative estimate of drug-likeness (QED) is 0.0337. The second kappa shape index (κ2) is 29.5. The van der Waals surface area contributed by atoms with Gasteiger partial charge in [-0.05, 0) is 78.1 Å². The third-order valence-electron chi connectivity index (χ3n) is 10.7. The molecule has 0 radical (unpaired) electrons. The van der Waals surface area contributed by atoms with Gasteiger partial charge in [0.15, 0.2) is 0 Å². The molecule has 0 spiro atoms. The maximum atomic E-state index is 13.6. The van der Waals surface area contributed by atoms with Crippen molar-refractivity contribution in [3.63, 3.8) is 0 Å². The van der Waals surface area contributed by atoms with Gasteiger partial charge in [-0.2, -0.15) is 0 Å². The first-order chi connectivity index (χ1) is 31.6. The topological polar surface area (TPSA) is 406 Å². The van der Waals surface area contributed by atoms with Crippen molar-refractivity contribution in [1.29, 1.82) is 0 Å². The van der Waals surface area contributed by atoms with Crippen LogP contribution < -0.4 is 53.6 Å². The number of nitrogens with one attached hydrogen (secondary N) is 9. The van der Waals surface area contributed by atoms with Crippen LogP contribution in [0.3, 0.4) is 0 Å².